The van der Waals surface area contributed by atoms with E-state index < -0.39 is 23.0 Å². The predicted molar refractivity (Wildman–Crippen MR) is 84.9 cm³/mol. The highest BCUT2D eigenvalue weighted by atomic mass is 32.3. The molecule has 6 nitrogen and oxygen atoms in total. The fourth-order valence-electron chi connectivity index (χ4n) is 2.13. The Morgan fingerprint density at radius 1 is 1.09 bits per heavy atom. The SMILES string of the molecule is CCCCCCCCC(CC)COC(=O)CCOS(=O)(=O)O. The molecule has 0 rings (SSSR count). The van der Waals surface area contributed by atoms with Gasteiger partial charge in [0.05, 0.1) is 19.6 Å². The van der Waals surface area contributed by atoms with Crippen molar-refractivity contribution in [3.05, 3.63) is 0 Å². The van der Waals surface area contributed by atoms with Crippen molar-refractivity contribution in [3.63, 3.8) is 0 Å². The Kier molecular flexibility index (Phi) is 12.5. The fourth-order valence-corrected chi connectivity index (χ4v) is 2.43. The van der Waals surface area contributed by atoms with E-state index in [4.69, 9.17) is 9.29 Å². The second kappa shape index (κ2) is 12.8. The number of unbranched alkanes of at least 4 members (excludes halogenated alkanes) is 5. The van der Waals surface area contributed by atoms with Gasteiger partial charge >= 0.3 is 16.4 Å². The van der Waals surface area contributed by atoms with Crippen LogP contribution in [0.3, 0.4) is 0 Å². The van der Waals surface area contributed by atoms with E-state index in [1.54, 1.807) is 0 Å². The number of rotatable bonds is 14. The maximum atomic E-state index is 11.4. The molecule has 0 fully saturated rings. The van der Waals surface area contributed by atoms with Crippen LogP contribution < -0.4 is 0 Å². The topological polar surface area (TPSA) is 89.9 Å². The van der Waals surface area contributed by atoms with Gasteiger partial charge in [0.15, 0.2) is 0 Å². The summed E-state index contributed by atoms with van der Waals surface area (Å²) in [4.78, 5) is 11.4. The van der Waals surface area contributed by atoms with E-state index in [9.17, 15) is 13.2 Å². The zero-order valence-corrected chi connectivity index (χ0v) is 14.6. The zero-order chi connectivity index (χ0) is 16.8. The van der Waals surface area contributed by atoms with Crippen molar-refractivity contribution in [3.8, 4) is 0 Å². The maximum Gasteiger partial charge on any atom is 0.397 e. The van der Waals surface area contributed by atoms with Gasteiger partial charge in [-0.3, -0.25) is 9.35 Å². The third-order valence-electron chi connectivity index (χ3n) is 3.56. The Morgan fingerprint density at radius 3 is 2.32 bits per heavy atom. The molecule has 0 bridgehead atoms. The highest BCUT2D eigenvalue weighted by Gasteiger charge is 2.12. The van der Waals surface area contributed by atoms with Crippen LogP contribution in [0.2, 0.25) is 0 Å². The molecular weight excluding hydrogens is 308 g/mol. The molecule has 0 heterocycles. The summed E-state index contributed by atoms with van der Waals surface area (Å²) < 4.78 is 38.2. The molecule has 0 aliphatic rings. The molecule has 22 heavy (non-hydrogen) atoms. The quantitative estimate of drug-likeness (QED) is 0.296. The first-order chi connectivity index (χ1) is 10.4. The number of hydrogen-bond donors (Lipinski definition) is 1. The van der Waals surface area contributed by atoms with Crippen LogP contribution in [0.1, 0.15) is 71.6 Å². The van der Waals surface area contributed by atoms with Crippen molar-refractivity contribution in [2.24, 2.45) is 5.92 Å². The minimum atomic E-state index is -4.49. The van der Waals surface area contributed by atoms with Crippen LogP contribution in [0.15, 0.2) is 0 Å². The van der Waals surface area contributed by atoms with E-state index in [1.807, 2.05) is 0 Å². The van der Waals surface area contributed by atoms with Crippen LogP contribution in [0.25, 0.3) is 0 Å². The van der Waals surface area contributed by atoms with Crippen LogP contribution in [-0.2, 0) is 24.1 Å². The van der Waals surface area contributed by atoms with Crippen LogP contribution in [0, 0.1) is 5.92 Å². The molecule has 0 amide bonds. The molecule has 0 aromatic heterocycles. The molecule has 0 spiro atoms. The van der Waals surface area contributed by atoms with Crippen molar-refractivity contribution < 1.29 is 26.7 Å². The first-order valence-corrected chi connectivity index (χ1v) is 9.53. The lowest BCUT2D eigenvalue weighted by Gasteiger charge is -2.15. The Labute approximate surface area is 134 Å². The van der Waals surface area contributed by atoms with Gasteiger partial charge in [-0.05, 0) is 12.3 Å². The van der Waals surface area contributed by atoms with Crippen molar-refractivity contribution in [1.29, 1.82) is 0 Å². The Balaban J connectivity index is 3.68. The third kappa shape index (κ3) is 14.3. The third-order valence-corrected chi connectivity index (χ3v) is 4.03. The largest absolute Gasteiger partial charge is 0.465 e. The summed E-state index contributed by atoms with van der Waals surface area (Å²) in [5.41, 5.74) is 0. The van der Waals surface area contributed by atoms with E-state index in [2.05, 4.69) is 18.0 Å². The van der Waals surface area contributed by atoms with Crippen molar-refractivity contribution in [1.82, 2.24) is 0 Å². The molecule has 0 saturated heterocycles. The average molecular weight is 338 g/mol. The summed E-state index contributed by atoms with van der Waals surface area (Å²) in [6.07, 6.45) is 9.25. The number of esters is 1. The molecule has 132 valence electrons. The second-order valence-electron chi connectivity index (χ2n) is 5.51. The summed E-state index contributed by atoms with van der Waals surface area (Å²) in [5.74, 6) is -0.164. The number of carbonyl (C=O) groups is 1. The van der Waals surface area contributed by atoms with E-state index >= 15 is 0 Å². The van der Waals surface area contributed by atoms with E-state index in [-0.39, 0.29) is 6.42 Å². The molecule has 1 atom stereocenters. The van der Waals surface area contributed by atoms with Crippen LogP contribution in [0.5, 0.6) is 0 Å². The predicted octanol–water partition coefficient (Wildman–Crippen LogP) is 3.52. The molecular formula is C15H30O6S. The van der Waals surface area contributed by atoms with Gasteiger partial charge in [0, 0.05) is 0 Å². The van der Waals surface area contributed by atoms with Crippen molar-refractivity contribution in [2.75, 3.05) is 13.2 Å². The van der Waals surface area contributed by atoms with Crippen molar-refractivity contribution >= 4 is 16.4 Å². The summed E-state index contributed by atoms with van der Waals surface area (Å²) in [6.45, 7) is 4.22. The minimum absolute atomic E-state index is 0.187. The van der Waals surface area contributed by atoms with Crippen LogP contribution in [-0.4, -0.2) is 32.2 Å². The molecule has 0 saturated carbocycles. The van der Waals surface area contributed by atoms with Crippen molar-refractivity contribution in [2.45, 2.75) is 71.6 Å². The number of ether oxygens (including phenoxy) is 1. The lowest BCUT2D eigenvalue weighted by molar-refractivity contribution is -0.145. The molecule has 0 aromatic carbocycles. The van der Waals surface area contributed by atoms with Crippen LogP contribution >= 0.6 is 0 Å². The summed E-state index contributed by atoms with van der Waals surface area (Å²) in [6, 6.07) is 0. The molecule has 1 N–H and O–H groups in total. The Morgan fingerprint density at radius 2 is 1.73 bits per heavy atom. The average Bonchev–Trinajstić information content (AvgIpc) is 2.44. The lowest BCUT2D eigenvalue weighted by atomic mass is 9.98. The zero-order valence-electron chi connectivity index (χ0n) is 13.8. The number of hydrogen-bond acceptors (Lipinski definition) is 5. The monoisotopic (exact) mass is 338 g/mol. The van der Waals surface area contributed by atoms with E-state index in [0.29, 0.717) is 12.5 Å². The molecule has 0 aliphatic heterocycles. The normalized spacial score (nSPS) is 13.0. The molecule has 0 aliphatic carbocycles. The van der Waals surface area contributed by atoms with E-state index in [1.165, 1.54) is 32.1 Å². The lowest BCUT2D eigenvalue weighted by Crippen LogP contribution is -2.16. The second-order valence-corrected chi connectivity index (χ2v) is 6.60. The molecule has 1 unspecified atom stereocenters. The van der Waals surface area contributed by atoms with Gasteiger partial charge in [0.25, 0.3) is 0 Å². The number of carbonyl (C=O) groups excluding carboxylic acids is 1. The van der Waals surface area contributed by atoms with Gasteiger partial charge in [0.1, 0.15) is 0 Å². The Bertz CT molecular complexity index is 379. The molecule has 7 heteroatoms. The van der Waals surface area contributed by atoms with Gasteiger partial charge in [-0.1, -0.05) is 58.8 Å². The highest BCUT2D eigenvalue weighted by Crippen LogP contribution is 2.15. The van der Waals surface area contributed by atoms with Gasteiger partial charge in [-0.2, -0.15) is 8.42 Å². The molecule has 0 radical (unpaired) electrons. The summed E-state index contributed by atoms with van der Waals surface area (Å²) >= 11 is 0. The minimum Gasteiger partial charge on any atom is -0.465 e. The maximum absolute atomic E-state index is 11.4. The summed E-state index contributed by atoms with van der Waals surface area (Å²) in [7, 11) is -4.49. The molecule has 0 aromatic rings. The fraction of sp³-hybridized carbons (Fsp3) is 0.933. The van der Waals surface area contributed by atoms with Gasteiger partial charge < -0.3 is 4.74 Å². The first-order valence-electron chi connectivity index (χ1n) is 8.16. The Hall–Kier alpha value is -0.660. The van der Waals surface area contributed by atoms with Crippen LogP contribution in [0.4, 0.5) is 0 Å². The smallest absolute Gasteiger partial charge is 0.397 e. The van der Waals surface area contributed by atoms with E-state index in [0.717, 1.165) is 19.3 Å². The highest BCUT2D eigenvalue weighted by molar-refractivity contribution is 7.80. The standard InChI is InChI=1S/C15H30O6S/c1-3-5-6-7-8-9-10-14(4-2)13-20-15(16)11-12-21-22(17,18)19/h14H,3-13H2,1-2H3,(H,17,18,19). The van der Waals surface area contributed by atoms with Gasteiger partial charge in [-0.25, -0.2) is 4.18 Å². The van der Waals surface area contributed by atoms with Gasteiger partial charge in [0.2, 0.25) is 0 Å². The first kappa shape index (κ1) is 21.3. The summed E-state index contributed by atoms with van der Waals surface area (Å²) in [5, 5.41) is 0. The van der Waals surface area contributed by atoms with Gasteiger partial charge in [-0.15, -0.1) is 0 Å².